The number of carbonyl (C=O) groups excluding carboxylic acids is 1. The van der Waals surface area contributed by atoms with Crippen molar-refractivity contribution in [2.24, 2.45) is 0 Å². The van der Waals surface area contributed by atoms with Crippen molar-refractivity contribution in [1.29, 1.82) is 0 Å². The molecule has 0 spiro atoms. The minimum Gasteiger partial charge on any atom is -0.469 e. The summed E-state index contributed by atoms with van der Waals surface area (Å²) in [5.74, 6) is 0.697. The molecule has 1 unspecified atom stereocenters. The van der Waals surface area contributed by atoms with Gasteiger partial charge < -0.3 is 14.5 Å². The average Bonchev–Trinajstić information content (AvgIpc) is 2.68. The van der Waals surface area contributed by atoms with Crippen LogP contribution in [0.15, 0.2) is 22.8 Å². The molecule has 0 aliphatic heterocycles. The maximum atomic E-state index is 11.0. The molecule has 4 heteroatoms. The van der Waals surface area contributed by atoms with Gasteiger partial charge in [-0.1, -0.05) is 0 Å². The molecular weight excluding hydrogens is 194 g/mol. The summed E-state index contributed by atoms with van der Waals surface area (Å²) < 4.78 is 10.0. The van der Waals surface area contributed by atoms with Gasteiger partial charge in [0.1, 0.15) is 5.76 Å². The monoisotopic (exact) mass is 211 g/mol. The second-order valence-corrected chi connectivity index (χ2v) is 3.37. The summed E-state index contributed by atoms with van der Waals surface area (Å²) >= 11 is 0. The van der Waals surface area contributed by atoms with Crippen LogP contribution in [-0.2, 0) is 16.0 Å². The molecule has 0 fully saturated rings. The van der Waals surface area contributed by atoms with Crippen LogP contribution in [0.1, 0.15) is 19.6 Å². The fourth-order valence-corrected chi connectivity index (χ4v) is 1.27. The highest BCUT2D eigenvalue weighted by molar-refractivity contribution is 5.71. The summed E-state index contributed by atoms with van der Waals surface area (Å²) in [5, 5.41) is 3.07. The maximum absolute atomic E-state index is 11.0. The Balaban J connectivity index is 2.19. The van der Waals surface area contributed by atoms with Crippen molar-refractivity contribution in [1.82, 2.24) is 5.32 Å². The number of ether oxygens (including phenoxy) is 1. The van der Waals surface area contributed by atoms with E-state index in [0.717, 1.165) is 12.2 Å². The zero-order valence-corrected chi connectivity index (χ0v) is 9.16. The second-order valence-electron chi connectivity index (χ2n) is 3.37. The van der Waals surface area contributed by atoms with E-state index in [-0.39, 0.29) is 18.6 Å². The van der Waals surface area contributed by atoms with Crippen molar-refractivity contribution in [3.05, 3.63) is 24.2 Å². The third-order valence-corrected chi connectivity index (χ3v) is 1.99. The van der Waals surface area contributed by atoms with Crippen molar-refractivity contribution < 1.29 is 13.9 Å². The molecule has 4 nitrogen and oxygen atoms in total. The molecule has 0 saturated heterocycles. The second kappa shape index (κ2) is 6.24. The molecular formula is C11H17NO3. The van der Waals surface area contributed by atoms with Crippen molar-refractivity contribution in [2.75, 3.05) is 13.2 Å². The Morgan fingerprint density at radius 2 is 2.47 bits per heavy atom. The van der Waals surface area contributed by atoms with Gasteiger partial charge in [0.2, 0.25) is 0 Å². The van der Waals surface area contributed by atoms with Gasteiger partial charge in [-0.15, -0.1) is 0 Å². The van der Waals surface area contributed by atoms with E-state index in [9.17, 15) is 4.79 Å². The fourth-order valence-electron chi connectivity index (χ4n) is 1.27. The third kappa shape index (κ3) is 4.65. The molecule has 1 N–H and O–H groups in total. The Labute approximate surface area is 89.6 Å². The molecule has 1 heterocycles. The third-order valence-electron chi connectivity index (χ3n) is 1.99. The standard InChI is InChI=1S/C11H17NO3/c1-3-14-11(13)8-12-9(2)7-10-5-4-6-15-10/h4-6,9,12H,3,7-8H2,1-2H3. The predicted molar refractivity (Wildman–Crippen MR) is 56.5 cm³/mol. The quantitative estimate of drug-likeness (QED) is 0.722. The SMILES string of the molecule is CCOC(=O)CNC(C)Cc1ccco1. The Hall–Kier alpha value is -1.29. The first-order valence-electron chi connectivity index (χ1n) is 5.13. The van der Waals surface area contributed by atoms with Crippen LogP contribution in [0.4, 0.5) is 0 Å². The van der Waals surface area contributed by atoms with E-state index in [2.05, 4.69) is 5.32 Å². The first kappa shape index (κ1) is 11.8. The number of hydrogen-bond acceptors (Lipinski definition) is 4. The van der Waals surface area contributed by atoms with Gasteiger partial charge in [0, 0.05) is 12.5 Å². The lowest BCUT2D eigenvalue weighted by molar-refractivity contribution is -0.142. The normalized spacial score (nSPS) is 12.4. The molecule has 1 atom stereocenters. The zero-order valence-electron chi connectivity index (χ0n) is 9.16. The number of hydrogen-bond donors (Lipinski definition) is 1. The molecule has 0 aromatic carbocycles. The Morgan fingerprint density at radius 1 is 1.67 bits per heavy atom. The number of esters is 1. The summed E-state index contributed by atoms with van der Waals surface area (Å²) in [6.07, 6.45) is 2.42. The van der Waals surface area contributed by atoms with Crippen LogP contribution in [0.2, 0.25) is 0 Å². The minimum atomic E-state index is -0.219. The van der Waals surface area contributed by atoms with Crippen LogP contribution in [-0.4, -0.2) is 25.2 Å². The highest BCUT2D eigenvalue weighted by atomic mass is 16.5. The van der Waals surface area contributed by atoms with Crippen molar-refractivity contribution in [2.45, 2.75) is 26.3 Å². The smallest absolute Gasteiger partial charge is 0.319 e. The van der Waals surface area contributed by atoms with Crippen LogP contribution >= 0.6 is 0 Å². The van der Waals surface area contributed by atoms with Gasteiger partial charge in [0.15, 0.2) is 0 Å². The van der Waals surface area contributed by atoms with E-state index >= 15 is 0 Å². The number of nitrogens with one attached hydrogen (secondary N) is 1. The topological polar surface area (TPSA) is 51.5 Å². The first-order valence-corrected chi connectivity index (χ1v) is 5.13. The van der Waals surface area contributed by atoms with Crippen LogP contribution < -0.4 is 5.32 Å². The lowest BCUT2D eigenvalue weighted by atomic mass is 10.2. The molecule has 0 aliphatic rings. The van der Waals surface area contributed by atoms with E-state index in [1.165, 1.54) is 0 Å². The largest absolute Gasteiger partial charge is 0.469 e. The minimum absolute atomic E-state index is 0.195. The highest BCUT2D eigenvalue weighted by Gasteiger charge is 2.07. The zero-order chi connectivity index (χ0) is 11.1. The number of rotatable bonds is 6. The van der Waals surface area contributed by atoms with Gasteiger partial charge in [-0.2, -0.15) is 0 Å². The van der Waals surface area contributed by atoms with Gasteiger partial charge in [-0.05, 0) is 26.0 Å². The molecule has 0 radical (unpaired) electrons. The van der Waals surface area contributed by atoms with Crippen molar-refractivity contribution >= 4 is 5.97 Å². The Kier molecular flexibility index (Phi) is 4.90. The van der Waals surface area contributed by atoms with Gasteiger partial charge in [-0.3, -0.25) is 4.79 Å². The summed E-state index contributed by atoms with van der Waals surface area (Å²) in [7, 11) is 0. The van der Waals surface area contributed by atoms with Crippen molar-refractivity contribution in [3.63, 3.8) is 0 Å². The van der Waals surface area contributed by atoms with E-state index in [1.807, 2.05) is 19.1 Å². The average molecular weight is 211 g/mol. The first-order chi connectivity index (χ1) is 7.22. The molecule has 0 bridgehead atoms. The molecule has 1 rings (SSSR count). The Bertz CT molecular complexity index is 282. The van der Waals surface area contributed by atoms with Gasteiger partial charge in [0.25, 0.3) is 0 Å². The van der Waals surface area contributed by atoms with Crippen LogP contribution in [0.25, 0.3) is 0 Å². The van der Waals surface area contributed by atoms with Gasteiger partial charge in [0.05, 0.1) is 19.4 Å². The highest BCUT2D eigenvalue weighted by Crippen LogP contribution is 2.03. The molecule has 0 amide bonds. The lowest BCUT2D eigenvalue weighted by Gasteiger charge is -2.11. The molecule has 1 aromatic rings. The van der Waals surface area contributed by atoms with E-state index < -0.39 is 0 Å². The van der Waals surface area contributed by atoms with Crippen LogP contribution in [0.3, 0.4) is 0 Å². The molecule has 15 heavy (non-hydrogen) atoms. The fraction of sp³-hybridized carbons (Fsp3) is 0.545. The summed E-state index contributed by atoms with van der Waals surface area (Å²) in [4.78, 5) is 11.0. The molecule has 84 valence electrons. The summed E-state index contributed by atoms with van der Waals surface area (Å²) in [5.41, 5.74) is 0. The Morgan fingerprint density at radius 3 is 3.07 bits per heavy atom. The maximum Gasteiger partial charge on any atom is 0.319 e. The van der Waals surface area contributed by atoms with E-state index in [1.54, 1.807) is 13.2 Å². The molecule has 0 saturated carbocycles. The van der Waals surface area contributed by atoms with Gasteiger partial charge >= 0.3 is 5.97 Å². The van der Waals surface area contributed by atoms with E-state index in [4.69, 9.17) is 9.15 Å². The van der Waals surface area contributed by atoms with Crippen molar-refractivity contribution in [3.8, 4) is 0 Å². The molecule has 0 aliphatic carbocycles. The number of carbonyl (C=O) groups is 1. The summed E-state index contributed by atoms with van der Waals surface area (Å²) in [6.45, 7) is 4.47. The predicted octanol–water partition coefficient (Wildman–Crippen LogP) is 1.36. The van der Waals surface area contributed by atoms with Gasteiger partial charge in [-0.25, -0.2) is 0 Å². The molecule has 1 aromatic heterocycles. The van der Waals surface area contributed by atoms with Crippen LogP contribution in [0, 0.1) is 0 Å². The van der Waals surface area contributed by atoms with Crippen LogP contribution in [0.5, 0.6) is 0 Å². The number of furan rings is 1. The van der Waals surface area contributed by atoms with E-state index in [0.29, 0.717) is 6.61 Å². The lowest BCUT2D eigenvalue weighted by Crippen LogP contribution is -2.33. The summed E-state index contributed by atoms with van der Waals surface area (Å²) in [6, 6.07) is 3.97.